The van der Waals surface area contributed by atoms with Crippen LogP contribution >= 0.6 is 0 Å². The fourth-order valence-electron chi connectivity index (χ4n) is 6.14. The Morgan fingerprint density at radius 1 is 1.16 bits per heavy atom. The van der Waals surface area contributed by atoms with E-state index < -0.39 is 11.2 Å². The number of hydrogen-bond acceptors (Lipinski definition) is 4. The molecule has 2 aromatic rings. The van der Waals surface area contributed by atoms with Crippen LogP contribution in [0.1, 0.15) is 69.1 Å². The maximum Gasteiger partial charge on any atom is 0.119 e. The van der Waals surface area contributed by atoms with Crippen LogP contribution in [0.4, 0.5) is 0 Å². The van der Waals surface area contributed by atoms with Crippen LogP contribution < -0.4 is 4.74 Å². The average Bonchev–Trinajstić information content (AvgIpc) is 2.78. The third-order valence-electron chi connectivity index (χ3n) is 7.83. The van der Waals surface area contributed by atoms with Crippen LogP contribution in [0.3, 0.4) is 0 Å². The van der Waals surface area contributed by atoms with Crippen molar-refractivity contribution in [2.45, 2.75) is 75.4 Å². The number of ether oxygens (including phenoxy) is 1. The van der Waals surface area contributed by atoms with Gasteiger partial charge in [0, 0.05) is 11.8 Å². The number of nitrogens with zero attached hydrogens (tertiary/aromatic N) is 1. The van der Waals surface area contributed by atoms with Gasteiger partial charge in [-0.25, -0.2) is 0 Å². The summed E-state index contributed by atoms with van der Waals surface area (Å²) in [6, 6.07) is 18.2. The first-order valence-corrected chi connectivity index (χ1v) is 11.5. The molecule has 1 fully saturated rings. The molecule has 0 heterocycles. The Hall–Kier alpha value is -2.35. The number of aliphatic hydroxyl groups is 2. The molecule has 1 saturated carbocycles. The topological polar surface area (TPSA) is 73.5 Å². The number of fused-ring (bicyclic) bond motifs is 3. The predicted molar refractivity (Wildman–Crippen MR) is 121 cm³/mol. The average molecular weight is 420 g/mol. The van der Waals surface area contributed by atoms with Gasteiger partial charge in [0.25, 0.3) is 0 Å². The minimum Gasteiger partial charge on any atom is -0.494 e. The molecule has 4 unspecified atom stereocenters. The molecule has 0 amide bonds. The molecule has 0 aliphatic heterocycles. The second kappa shape index (κ2) is 8.30. The van der Waals surface area contributed by atoms with Gasteiger partial charge >= 0.3 is 0 Å². The van der Waals surface area contributed by atoms with Gasteiger partial charge in [0.1, 0.15) is 11.4 Å². The first-order valence-electron chi connectivity index (χ1n) is 11.5. The van der Waals surface area contributed by atoms with Crippen molar-refractivity contribution in [2.75, 3.05) is 6.61 Å². The van der Waals surface area contributed by atoms with Gasteiger partial charge < -0.3 is 14.9 Å². The van der Waals surface area contributed by atoms with Crippen molar-refractivity contribution in [1.82, 2.24) is 0 Å². The van der Waals surface area contributed by atoms with Crippen molar-refractivity contribution in [3.63, 3.8) is 0 Å². The summed E-state index contributed by atoms with van der Waals surface area (Å²) in [5.41, 5.74) is 0.748. The van der Waals surface area contributed by atoms with Gasteiger partial charge in [-0.15, -0.1) is 0 Å². The van der Waals surface area contributed by atoms with Crippen LogP contribution in [0.15, 0.2) is 48.5 Å². The van der Waals surface area contributed by atoms with Crippen molar-refractivity contribution in [3.05, 3.63) is 65.2 Å². The molecule has 2 N–H and O–H groups in total. The normalized spacial score (nSPS) is 31.9. The molecule has 0 spiro atoms. The molecule has 2 aliphatic carbocycles. The molecular weight excluding hydrogens is 386 g/mol. The van der Waals surface area contributed by atoms with E-state index >= 15 is 0 Å². The largest absolute Gasteiger partial charge is 0.494 e. The molecule has 4 nitrogen and oxygen atoms in total. The number of benzene rings is 2. The van der Waals surface area contributed by atoms with Gasteiger partial charge in [-0.2, -0.15) is 5.26 Å². The minimum atomic E-state index is -1.25. The van der Waals surface area contributed by atoms with Crippen molar-refractivity contribution in [1.29, 1.82) is 5.26 Å². The third-order valence-corrected chi connectivity index (χ3v) is 7.83. The van der Waals surface area contributed by atoms with Crippen molar-refractivity contribution in [2.24, 2.45) is 5.92 Å². The summed E-state index contributed by atoms with van der Waals surface area (Å²) in [4.78, 5) is 0. The molecule has 4 heteroatoms. The number of unbranched alkanes of at least 4 members (excludes halogenated alkanes) is 1. The summed E-state index contributed by atoms with van der Waals surface area (Å²) in [7, 11) is 0. The molecule has 4 rings (SSSR count). The van der Waals surface area contributed by atoms with Crippen molar-refractivity contribution >= 4 is 0 Å². The van der Waals surface area contributed by atoms with E-state index in [9.17, 15) is 10.2 Å². The highest BCUT2D eigenvalue weighted by Gasteiger charge is 2.60. The van der Waals surface area contributed by atoms with Gasteiger partial charge in [0.05, 0.1) is 18.3 Å². The van der Waals surface area contributed by atoms with Gasteiger partial charge in [-0.3, -0.25) is 0 Å². The second-order valence-corrected chi connectivity index (χ2v) is 9.56. The third kappa shape index (κ3) is 3.64. The van der Waals surface area contributed by atoms with E-state index in [2.05, 4.69) is 25.1 Å². The summed E-state index contributed by atoms with van der Waals surface area (Å²) in [5.74, 6) is 1.16. The maximum absolute atomic E-state index is 11.8. The predicted octanol–water partition coefficient (Wildman–Crippen LogP) is 5.01. The zero-order valence-corrected chi connectivity index (χ0v) is 18.6. The standard InChI is InChI=1S/C27H33NO3/c1-3-26-19-25(2,29)27(30,21-9-5-4-6-10-21)18-22(26)12-11-20-17-23(13-14-24(20)26)31-16-8-7-15-28/h4-6,9-10,13-14,17,22,29-30H,3,7-8,11-12,16,18-19H2,1-2H3. The molecule has 2 aliphatic rings. The number of rotatable bonds is 6. The highest BCUT2D eigenvalue weighted by atomic mass is 16.5. The molecular formula is C27H33NO3. The van der Waals surface area contributed by atoms with E-state index in [4.69, 9.17) is 10.00 Å². The molecule has 0 saturated heterocycles. The van der Waals surface area contributed by atoms with Gasteiger partial charge in [-0.1, -0.05) is 43.3 Å². The molecule has 164 valence electrons. The highest BCUT2D eigenvalue weighted by Crippen LogP contribution is 2.60. The fourth-order valence-corrected chi connectivity index (χ4v) is 6.14. The molecule has 4 atom stereocenters. The van der Waals surface area contributed by atoms with E-state index in [1.54, 1.807) is 6.92 Å². The molecule has 0 radical (unpaired) electrons. The van der Waals surface area contributed by atoms with Crippen molar-refractivity contribution in [3.8, 4) is 11.8 Å². The van der Waals surface area contributed by atoms with Gasteiger partial charge in [0.2, 0.25) is 0 Å². The number of nitriles is 1. The first kappa shape index (κ1) is 21.9. The lowest BCUT2D eigenvalue weighted by molar-refractivity contribution is -0.205. The fraction of sp³-hybridized carbons (Fsp3) is 0.519. The first-order chi connectivity index (χ1) is 14.9. The lowest BCUT2D eigenvalue weighted by Crippen LogP contribution is -2.62. The van der Waals surface area contributed by atoms with Crippen LogP contribution in [0.2, 0.25) is 0 Å². The monoisotopic (exact) mass is 419 g/mol. The Labute approximate surface area is 185 Å². The lowest BCUT2D eigenvalue weighted by atomic mass is 9.49. The van der Waals surface area contributed by atoms with E-state index in [1.807, 2.05) is 36.4 Å². The van der Waals surface area contributed by atoms with E-state index in [0.717, 1.165) is 37.0 Å². The smallest absolute Gasteiger partial charge is 0.119 e. The van der Waals surface area contributed by atoms with Crippen LogP contribution in [-0.2, 0) is 17.4 Å². The highest BCUT2D eigenvalue weighted by molar-refractivity contribution is 5.45. The molecule has 0 aromatic heterocycles. The Kier molecular flexibility index (Phi) is 5.85. The van der Waals surface area contributed by atoms with Crippen LogP contribution in [0, 0.1) is 17.2 Å². The Morgan fingerprint density at radius 3 is 2.65 bits per heavy atom. The summed E-state index contributed by atoms with van der Waals surface area (Å²) >= 11 is 0. The zero-order chi connectivity index (χ0) is 22.1. The van der Waals surface area contributed by atoms with Gasteiger partial charge in [-0.05, 0) is 80.2 Å². The Bertz CT molecular complexity index is 964. The van der Waals surface area contributed by atoms with E-state index in [1.165, 1.54) is 11.1 Å². The summed E-state index contributed by atoms with van der Waals surface area (Å²) in [6.07, 6.45) is 5.19. The quantitative estimate of drug-likeness (QED) is 0.646. The molecule has 31 heavy (non-hydrogen) atoms. The summed E-state index contributed by atoms with van der Waals surface area (Å²) in [6.45, 7) is 4.55. The maximum atomic E-state index is 11.8. The van der Waals surface area contributed by atoms with E-state index in [0.29, 0.717) is 31.8 Å². The van der Waals surface area contributed by atoms with Crippen molar-refractivity contribution < 1.29 is 14.9 Å². The Balaban J connectivity index is 1.66. The van der Waals surface area contributed by atoms with Crippen LogP contribution in [0.5, 0.6) is 5.75 Å². The number of aryl methyl sites for hydroxylation is 1. The Morgan fingerprint density at radius 2 is 1.94 bits per heavy atom. The van der Waals surface area contributed by atoms with Gasteiger partial charge in [0.15, 0.2) is 0 Å². The van der Waals surface area contributed by atoms with E-state index in [-0.39, 0.29) is 5.41 Å². The minimum absolute atomic E-state index is 0.155. The SMILES string of the molecule is CCC12CC(C)(O)C(O)(c3ccccc3)CC1CCc1cc(OCCCC#N)ccc12. The lowest BCUT2D eigenvalue weighted by Gasteiger charge is -2.59. The molecule has 0 bridgehead atoms. The summed E-state index contributed by atoms with van der Waals surface area (Å²) < 4.78 is 5.87. The number of hydrogen-bond donors (Lipinski definition) is 2. The van der Waals surface area contributed by atoms with Crippen LogP contribution in [0.25, 0.3) is 0 Å². The molecule has 2 aromatic carbocycles. The second-order valence-electron chi connectivity index (χ2n) is 9.56. The zero-order valence-electron chi connectivity index (χ0n) is 18.6. The van der Waals surface area contributed by atoms with Crippen LogP contribution in [-0.4, -0.2) is 22.4 Å². The summed E-state index contributed by atoms with van der Waals surface area (Å²) in [5, 5.41) is 32.1.